The molecular weight excluding hydrogens is 258 g/mol. The Kier molecular flexibility index (Phi) is 6.85. The molecule has 0 saturated carbocycles. The minimum absolute atomic E-state index is 0.0639. The zero-order valence-electron chi connectivity index (χ0n) is 14.7. The minimum Gasteiger partial charge on any atom is -0.297 e. The van der Waals surface area contributed by atoms with Gasteiger partial charge in [0.2, 0.25) is 0 Å². The van der Waals surface area contributed by atoms with E-state index in [1.165, 1.54) is 16.7 Å². The summed E-state index contributed by atoms with van der Waals surface area (Å²) < 4.78 is 0. The van der Waals surface area contributed by atoms with Crippen molar-refractivity contribution < 1.29 is 0 Å². The van der Waals surface area contributed by atoms with Crippen LogP contribution in [0.4, 0.5) is 0 Å². The maximum atomic E-state index is 5.94. The molecule has 2 atom stereocenters. The molecule has 1 aromatic rings. The van der Waals surface area contributed by atoms with Crippen molar-refractivity contribution in [2.24, 2.45) is 5.84 Å². The molecule has 0 spiro atoms. The highest BCUT2D eigenvalue weighted by molar-refractivity contribution is 5.31. The van der Waals surface area contributed by atoms with Gasteiger partial charge in [-0.3, -0.25) is 16.2 Å². The second-order valence-electron chi connectivity index (χ2n) is 6.24. The van der Waals surface area contributed by atoms with Crippen LogP contribution in [-0.4, -0.2) is 29.6 Å². The van der Waals surface area contributed by atoms with Gasteiger partial charge in [-0.05, 0) is 57.8 Å². The molecule has 0 aliphatic heterocycles. The first-order valence-corrected chi connectivity index (χ1v) is 8.20. The average Bonchev–Trinajstić information content (AvgIpc) is 2.48. The molecule has 0 bridgehead atoms. The van der Waals surface area contributed by atoms with Crippen molar-refractivity contribution in [3.8, 4) is 0 Å². The van der Waals surface area contributed by atoms with E-state index >= 15 is 0 Å². The molecule has 1 aromatic carbocycles. The lowest BCUT2D eigenvalue weighted by molar-refractivity contribution is 0.0700. The lowest BCUT2D eigenvalue weighted by Gasteiger charge is -2.45. The van der Waals surface area contributed by atoms with Gasteiger partial charge in [-0.25, -0.2) is 0 Å². The smallest absolute Gasteiger partial charge is 0.0432 e. The highest BCUT2D eigenvalue weighted by atomic mass is 15.3. The fourth-order valence-electron chi connectivity index (χ4n) is 3.33. The van der Waals surface area contributed by atoms with Crippen LogP contribution >= 0.6 is 0 Å². The Labute approximate surface area is 130 Å². The van der Waals surface area contributed by atoms with Crippen molar-refractivity contribution in [1.29, 1.82) is 0 Å². The van der Waals surface area contributed by atoms with Crippen LogP contribution in [0.5, 0.6) is 0 Å². The Morgan fingerprint density at radius 2 is 1.81 bits per heavy atom. The summed E-state index contributed by atoms with van der Waals surface area (Å²) >= 11 is 0. The quantitative estimate of drug-likeness (QED) is 0.571. The molecule has 0 radical (unpaired) electrons. The number of benzene rings is 1. The van der Waals surface area contributed by atoms with Gasteiger partial charge >= 0.3 is 0 Å². The zero-order chi connectivity index (χ0) is 16.0. The molecule has 120 valence electrons. The number of rotatable bonds is 8. The van der Waals surface area contributed by atoms with Crippen molar-refractivity contribution in [2.45, 2.75) is 66.0 Å². The van der Waals surface area contributed by atoms with Gasteiger partial charge in [0.1, 0.15) is 0 Å². The molecule has 21 heavy (non-hydrogen) atoms. The molecule has 3 heteroatoms. The SMILES string of the molecule is CCN(CC)C(C)(CC)C(Cc1cc(C)ccc1C)NN. The number of hydrogen-bond donors (Lipinski definition) is 2. The molecule has 0 aromatic heterocycles. The van der Waals surface area contributed by atoms with Crippen molar-refractivity contribution in [3.63, 3.8) is 0 Å². The number of hydrogen-bond acceptors (Lipinski definition) is 3. The summed E-state index contributed by atoms with van der Waals surface area (Å²) in [5.74, 6) is 5.94. The van der Waals surface area contributed by atoms with Gasteiger partial charge in [-0.1, -0.05) is 44.5 Å². The largest absolute Gasteiger partial charge is 0.297 e. The van der Waals surface area contributed by atoms with E-state index < -0.39 is 0 Å². The molecule has 0 amide bonds. The van der Waals surface area contributed by atoms with Gasteiger partial charge in [0, 0.05) is 11.6 Å². The Morgan fingerprint density at radius 3 is 2.29 bits per heavy atom. The fraction of sp³-hybridized carbons (Fsp3) is 0.667. The summed E-state index contributed by atoms with van der Waals surface area (Å²) in [5, 5.41) is 0. The molecule has 0 saturated heterocycles. The third kappa shape index (κ3) is 4.06. The van der Waals surface area contributed by atoms with Gasteiger partial charge in [-0.2, -0.15) is 0 Å². The number of likely N-dealkylation sites (N-methyl/N-ethyl adjacent to an activating group) is 1. The summed E-state index contributed by atoms with van der Waals surface area (Å²) in [6.45, 7) is 15.5. The van der Waals surface area contributed by atoms with Gasteiger partial charge in [-0.15, -0.1) is 0 Å². The van der Waals surface area contributed by atoms with E-state index in [9.17, 15) is 0 Å². The molecule has 2 unspecified atom stereocenters. The van der Waals surface area contributed by atoms with Crippen molar-refractivity contribution >= 4 is 0 Å². The van der Waals surface area contributed by atoms with Crippen LogP contribution in [0, 0.1) is 13.8 Å². The maximum Gasteiger partial charge on any atom is 0.0432 e. The van der Waals surface area contributed by atoms with Crippen LogP contribution < -0.4 is 11.3 Å². The summed E-state index contributed by atoms with van der Waals surface area (Å²) in [6, 6.07) is 6.91. The molecule has 3 N–H and O–H groups in total. The Balaban J connectivity index is 3.07. The van der Waals surface area contributed by atoms with E-state index in [-0.39, 0.29) is 11.6 Å². The lowest BCUT2D eigenvalue weighted by atomic mass is 9.82. The topological polar surface area (TPSA) is 41.3 Å². The molecule has 0 aliphatic rings. The summed E-state index contributed by atoms with van der Waals surface area (Å²) in [6.07, 6.45) is 2.04. The first-order chi connectivity index (χ1) is 9.92. The predicted molar refractivity (Wildman–Crippen MR) is 92.3 cm³/mol. The number of nitrogens with zero attached hydrogens (tertiary/aromatic N) is 1. The van der Waals surface area contributed by atoms with Crippen LogP contribution in [0.15, 0.2) is 18.2 Å². The molecule has 0 heterocycles. The van der Waals surface area contributed by atoms with Crippen LogP contribution in [0.1, 0.15) is 50.8 Å². The molecule has 0 fully saturated rings. The third-order valence-corrected chi connectivity index (χ3v) is 5.08. The van der Waals surface area contributed by atoms with E-state index in [1.807, 2.05) is 0 Å². The molecule has 0 aliphatic carbocycles. The first kappa shape index (κ1) is 18.1. The molecule has 3 nitrogen and oxygen atoms in total. The highest BCUT2D eigenvalue weighted by Crippen LogP contribution is 2.26. The second-order valence-corrected chi connectivity index (χ2v) is 6.24. The van der Waals surface area contributed by atoms with Gasteiger partial charge in [0.05, 0.1) is 0 Å². The average molecular weight is 291 g/mol. The number of hydrazine groups is 1. The van der Waals surface area contributed by atoms with Crippen LogP contribution in [-0.2, 0) is 6.42 Å². The first-order valence-electron chi connectivity index (χ1n) is 8.20. The molecule has 1 rings (SSSR count). The standard InChI is InChI=1S/C18H33N3/c1-7-18(6,21(8-2)9-3)17(20-19)13-16-12-14(4)10-11-15(16)5/h10-12,17,20H,7-9,13,19H2,1-6H3. The fourth-order valence-corrected chi connectivity index (χ4v) is 3.33. The second kappa shape index (κ2) is 7.92. The Bertz CT molecular complexity index is 440. The highest BCUT2D eigenvalue weighted by Gasteiger charge is 2.36. The maximum absolute atomic E-state index is 5.94. The van der Waals surface area contributed by atoms with Gasteiger partial charge in [0.15, 0.2) is 0 Å². The summed E-state index contributed by atoms with van der Waals surface area (Å²) in [4.78, 5) is 2.52. The lowest BCUT2D eigenvalue weighted by Crippen LogP contribution is -2.61. The van der Waals surface area contributed by atoms with E-state index in [0.717, 1.165) is 25.9 Å². The van der Waals surface area contributed by atoms with E-state index in [4.69, 9.17) is 5.84 Å². The van der Waals surface area contributed by atoms with Gasteiger partial charge in [0.25, 0.3) is 0 Å². The zero-order valence-corrected chi connectivity index (χ0v) is 14.7. The van der Waals surface area contributed by atoms with Crippen LogP contribution in [0.3, 0.4) is 0 Å². The van der Waals surface area contributed by atoms with Crippen molar-refractivity contribution in [2.75, 3.05) is 13.1 Å². The number of nitrogens with one attached hydrogen (secondary N) is 1. The van der Waals surface area contributed by atoms with Crippen LogP contribution in [0.25, 0.3) is 0 Å². The number of aryl methyl sites for hydroxylation is 2. The van der Waals surface area contributed by atoms with Gasteiger partial charge < -0.3 is 0 Å². The predicted octanol–water partition coefficient (Wildman–Crippen LogP) is 3.19. The van der Waals surface area contributed by atoms with Crippen molar-refractivity contribution in [3.05, 3.63) is 34.9 Å². The van der Waals surface area contributed by atoms with E-state index in [1.54, 1.807) is 0 Å². The van der Waals surface area contributed by atoms with E-state index in [0.29, 0.717) is 0 Å². The molecular formula is C18H33N3. The Morgan fingerprint density at radius 1 is 1.19 bits per heavy atom. The third-order valence-electron chi connectivity index (χ3n) is 5.08. The number of nitrogens with two attached hydrogens (primary N) is 1. The normalized spacial score (nSPS) is 16.0. The summed E-state index contributed by atoms with van der Waals surface area (Å²) in [5.41, 5.74) is 7.21. The Hall–Kier alpha value is -0.900. The van der Waals surface area contributed by atoms with Crippen LogP contribution in [0.2, 0.25) is 0 Å². The monoisotopic (exact) mass is 291 g/mol. The van der Waals surface area contributed by atoms with E-state index in [2.05, 4.69) is 70.1 Å². The minimum atomic E-state index is 0.0639. The summed E-state index contributed by atoms with van der Waals surface area (Å²) in [7, 11) is 0. The van der Waals surface area contributed by atoms with Crippen molar-refractivity contribution in [1.82, 2.24) is 10.3 Å².